The van der Waals surface area contributed by atoms with Gasteiger partial charge in [-0.15, -0.1) is 0 Å². The number of aromatic nitrogens is 1. The Morgan fingerprint density at radius 2 is 2.09 bits per heavy atom. The summed E-state index contributed by atoms with van der Waals surface area (Å²) in [6.45, 7) is 4.20. The minimum Gasteiger partial charge on any atom is -0.379 e. The second kappa shape index (κ2) is 7.75. The minimum atomic E-state index is 0.0675. The van der Waals surface area contributed by atoms with Gasteiger partial charge in [0, 0.05) is 19.6 Å². The lowest BCUT2D eigenvalue weighted by Crippen LogP contribution is -2.40. The van der Waals surface area contributed by atoms with Gasteiger partial charge in [0.1, 0.15) is 16.6 Å². The van der Waals surface area contributed by atoms with E-state index in [2.05, 4.69) is 32.8 Å². The summed E-state index contributed by atoms with van der Waals surface area (Å²) >= 11 is 7.20. The topological polar surface area (TPSA) is 61.2 Å². The fourth-order valence-corrected chi connectivity index (χ4v) is 3.57. The van der Waals surface area contributed by atoms with Crippen LogP contribution in [0.3, 0.4) is 0 Å². The molecule has 7 heteroatoms. The molecule has 1 aromatic heterocycles. The number of benzene rings is 1. The molecule has 2 aromatic rings. The van der Waals surface area contributed by atoms with Crippen LogP contribution < -0.4 is 5.32 Å². The van der Waals surface area contributed by atoms with Crippen molar-refractivity contribution in [3.05, 3.63) is 46.6 Å². The molecule has 1 fully saturated rings. The number of morpholine rings is 1. The number of halogens is 1. The number of anilines is 1. The Labute approximate surface area is 144 Å². The lowest BCUT2D eigenvalue weighted by atomic mass is 10.1. The number of nitriles is 1. The second-order valence-electron chi connectivity index (χ2n) is 5.31. The molecule has 0 bridgehead atoms. The zero-order valence-electron chi connectivity index (χ0n) is 12.5. The van der Waals surface area contributed by atoms with Gasteiger partial charge in [-0.3, -0.25) is 4.90 Å². The monoisotopic (exact) mass is 348 g/mol. The number of hydrogen-bond donors (Lipinski definition) is 1. The van der Waals surface area contributed by atoms with E-state index in [9.17, 15) is 5.26 Å². The van der Waals surface area contributed by atoms with E-state index in [0.717, 1.165) is 37.8 Å². The zero-order valence-corrected chi connectivity index (χ0v) is 14.1. The maximum atomic E-state index is 9.26. The smallest absolute Gasteiger partial charge is 0.162 e. The fraction of sp³-hybridized carbons (Fsp3) is 0.375. The lowest BCUT2D eigenvalue weighted by molar-refractivity contribution is 0.0361. The summed E-state index contributed by atoms with van der Waals surface area (Å²) in [5, 5.41) is 13.7. The maximum Gasteiger partial charge on any atom is 0.162 e. The van der Waals surface area contributed by atoms with Crippen molar-refractivity contribution in [1.29, 1.82) is 5.26 Å². The van der Waals surface area contributed by atoms with Crippen LogP contribution >= 0.6 is 23.1 Å². The van der Waals surface area contributed by atoms with Gasteiger partial charge in [0.25, 0.3) is 0 Å². The van der Waals surface area contributed by atoms with Gasteiger partial charge in [-0.2, -0.15) is 9.64 Å². The first kappa shape index (κ1) is 16.2. The highest BCUT2D eigenvalue weighted by Gasteiger charge is 2.21. The molecule has 1 aliphatic rings. The summed E-state index contributed by atoms with van der Waals surface area (Å²) in [5.74, 6) is 0. The first-order valence-electron chi connectivity index (χ1n) is 7.45. The number of nitrogens with one attached hydrogen (secondary N) is 1. The molecule has 1 N–H and O–H groups in total. The Kier molecular flexibility index (Phi) is 5.47. The van der Waals surface area contributed by atoms with Crippen LogP contribution in [-0.4, -0.2) is 42.1 Å². The summed E-state index contributed by atoms with van der Waals surface area (Å²) in [4.78, 5) is 2.36. The number of nitrogens with zero attached hydrogens (tertiary/aromatic N) is 3. The van der Waals surface area contributed by atoms with Gasteiger partial charge in [-0.1, -0.05) is 41.9 Å². The Morgan fingerprint density at radius 3 is 2.78 bits per heavy atom. The van der Waals surface area contributed by atoms with Gasteiger partial charge in [0.15, 0.2) is 5.15 Å². The third-order valence-electron chi connectivity index (χ3n) is 3.81. The standard InChI is InChI=1S/C16H17ClN4OS/c17-15-13(10-18)16(23-20-15)19-14(12-4-2-1-3-5-12)11-21-6-8-22-9-7-21/h1-5,14,19H,6-9,11H2/t14-/m1/s1. The predicted molar refractivity (Wildman–Crippen MR) is 91.9 cm³/mol. The molecule has 0 unspecified atom stereocenters. The molecule has 0 spiro atoms. The van der Waals surface area contributed by atoms with E-state index in [0.29, 0.717) is 5.56 Å². The van der Waals surface area contributed by atoms with Crippen molar-refractivity contribution in [1.82, 2.24) is 9.27 Å². The van der Waals surface area contributed by atoms with Crippen molar-refractivity contribution in [3.63, 3.8) is 0 Å². The van der Waals surface area contributed by atoms with E-state index in [-0.39, 0.29) is 11.2 Å². The van der Waals surface area contributed by atoms with Crippen LogP contribution in [0.2, 0.25) is 5.15 Å². The molecule has 3 rings (SSSR count). The van der Waals surface area contributed by atoms with E-state index >= 15 is 0 Å². The van der Waals surface area contributed by atoms with Crippen molar-refractivity contribution in [3.8, 4) is 6.07 Å². The molecule has 23 heavy (non-hydrogen) atoms. The van der Waals surface area contributed by atoms with Crippen LogP contribution in [-0.2, 0) is 4.74 Å². The molecular weight excluding hydrogens is 332 g/mol. The first-order chi connectivity index (χ1) is 11.3. The summed E-state index contributed by atoms with van der Waals surface area (Å²) in [6.07, 6.45) is 0. The lowest BCUT2D eigenvalue weighted by Gasteiger charge is -2.31. The van der Waals surface area contributed by atoms with Crippen molar-refractivity contribution in [2.24, 2.45) is 0 Å². The third kappa shape index (κ3) is 4.01. The summed E-state index contributed by atoms with van der Waals surface area (Å²) in [7, 11) is 0. The molecule has 1 atom stereocenters. The van der Waals surface area contributed by atoms with Gasteiger partial charge < -0.3 is 10.1 Å². The predicted octanol–water partition coefficient (Wildman–Crippen LogP) is 3.15. The Bertz CT molecular complexity index is 679. The Hall–Kier alpha value is -1.65. The van der Waals surface area contributed by atoms with Crippen molar-refractivity contribution < 1.29 is 4.74 Å². The fourth-order valence-electron chi connectivity index (χ4n) is 2.59. The van der Waals surface area contributed by atoms with Crippen LogP contribution in [0.4, 0.5) is 5.00 Å². The molecular formula is C16H17ClN4OS. The van der Waals surface area contributed by atoms with Gasteiger partial charge in [0.2, 0.25) is 0 Å². The zero-order chi connectivity index (χ0) is 16.1. The highest BCUT2D eigenvalue weighted by molar-refractivity contribution is 7.10. The molecule has 1 saturated heterocycles. The number of hydrogen-bond acceptors (Lipinski definition) is 6. The first-order valence-corrected chi connectivity index (χ1v) is 8.60. The number of ether oxygens (including phenoxy) is 1. The van der Waals surface area contributed by atoms with Gasteiger partial charge in [-0.25, -0.2) is 0 Å². The largest absolute Gasteiger partial charge is 0.379 e. The Balaban J connectivity index is 1.81. The van der Waals surface area contributed by atoms with E-state index < -0.39 is 0 Å². The normalized spacial score (nSPS) is 16.7. The van der Waals surface area contributed by atoms with E-state index in [1.54, 1.807) is 0 Å². The average Bonchev–Trinajstić information content (AvgIpc) is 2.95. The molecule has 0 saturated carbocycles. The van der Waals surface area contributed by atoms with Gasteiger partial charge in [0.05, 0.1) is 19.3 Å². The molecule has 1 aliphatic heterocycles. The highest BCUT2D eigenvalue weighted by Crippen LogP contribution is 2.31. The quantitative estimate of drug-likeness (QED) is 0.899. The minimum absolute atomic E-state index is 0.0675. The highest BCUT2D eigenvalue weighted by atomic mass is 35.5. The van der Waals surface area contributed by atoms with E-state index in [1.807, 2.05) is 18.2 Å². The summed E-state index contributed by atoms with van der Waals surface area (Å²) < 4.78 is 9.48. The molecule has 0 amide bonds. The van der Waals surface area contributed by atoms with Crippen LogP contribution in [0.25, 0.3) is 0 Å². The van der Waals surface area contributed by atoms with E-state index in [1.165, 1.54) is 17.1 Å². The Morgan fingerprint density at radius 1 is 1.35 bits per heavy atom. The van der Waals surface area contributed by atoms with Crippen LogP contribution in [0, 0.1) is 11.3 Å². The molecule has 120 valence electrons. The van der Waals surface area contributed by atoms with Crippen LogP contribution in [0.15, 0.2) is 30.3 Å². The number of rotatable bonds is 5. The van der Waals surface area contributed by atoms with Crippen molar-refractivity contribution >= 4 is 28.1 Å². The molecule has 5 nitrogen and oxygen atoms in total. The summed E-state index contributed by atoms with van der Waals surface area (Å²) in [6, 6.07) is 12.4. The molecule has 2 heterocycles. The average molecular weight is 349 g/mol. The van der Waals surface area contributed by atoms with Crippen molar-refractivity contribution in [2.75, 3.05) is 38.2 Å². The molecule has 1 aromatic carbocycles. The van der Waals surface area contributed by atoms with Crippen molar-refractivity contribution in [2.45, 2.75) is 6.04 Å². The second-order valence-corrected chi connectivity index (χ2v) is 6.44. The molecule has 0 aliphatic carbocycles. The molecule has 0 radical (unpaired) electrons. The van der Waals surface area contributed by atoms with Gasteiger partial charge in [-0.05, 0) is 17.1 Å². The summed E-state index contributed by atoms with van der Waals surface area (Å²) in [5.41, 5.74) is 1.59. The van der Waals surface area contributed by atoms with Crippen LogP contribution in [0.1, 0.15) is 17.2 Å². The van der Waals surface area contributed by atoms with Crippen LogP contribution in [0.5, 0.6) is 0 Å². The van der Waals surface area contributed by atoms with E-state index in [4.69, 9.17) is 16.3 Å². The van der Waals surface area contributed by atoms with Gasteiger partial charge >= 0.3 is 0 Å². The third-order valence-corrected chi connectivity index (χ3v) is 4.97. The maximum absolute atomic E-state index is 9.26. The SMILES string of the molecule is N#Cc1c(Cl)nsc1N[C@H](CN1CCOCC1)c1ccccc1.